The molecule has 2 unspecified atom stereocenters. The van der Waals surface area contributed by atoms with Crippen molar-refractivity contribution in [3.63, 3.8) is 0 Å². The Morgan fingerprint density at radius 3 is 1.97 bits per heavy atom. The predicted molar refractivity (Wildman–Crippen MR) is 130 cm³/mol. The number of hydrogen-bond acceptors (Lipinski definition) is 6. The highest BCUT2D eigenvalue weighted by atomic mass is 16.6. The largest absolute Gasteiger partial charge is 0.480 e. The fourth-order valence-electron chi connectivity index (χ4n) is 3.63. The van der Waals surface area contributed by atoms with Gasteiger partial charge in [0.2, 0.25) is 0 Å². The number of nitrogens with one attached hydrogen (secondary N) is 2. The summed E-state index contributed by atoms with van der Waals surface area (Å²) in [5.74, 6) is -0.861. The molecular weight excluding hydrogens is 436 g/mol. The molecule has 3 rings (SSSR count). The Morgan fingerprint density at radius 1 is 1.03 bits per heavy atom. The summed E-state index contributed by atoms with van der Waals surface area (Å²) in [5.41, 5.74) is 4.35. The number of amides is 1. The van der Waals surface area contributed by atoms with E-state index in [0.29, 0.717) is 6.61 Å². The van der Waals surface area contributed by atoms with Crippen molar-refractivity contribution in [3.8, 4) is 0 Å². The van der Waals surface area contributed by atoms with Crippen LogP contribution in [0, 0.1) is 0 Å². The Hall–Kier alpha value is -2.94. The van der Waals surface area contributed by atoms with Gasteiger partial charge in [0.1, 0.15) is 12.6 Å². The molecule has 8 nitrogen and oxygen atoms in total. The number of ether oxygens (including phenoxy) is 3. The molecule has 2 aromatic rings. The summed E-state index contributed by atoms with van der Waals surface area (Å²) in [6.45, 7) is 1.95. The fraction of sp³-hybridized carbons (Fsp3) is 0.462. The summed E-state index contributed by atoms with van der Waals surface area (Å²) in [5, 5.41) is 14.5. The first-order chi connectivity index (χ1) is 16.5. The zero-order valence-corrected chi connectivity index (χ0v) is 20.2. The molecule has 3 N–H and O–H groups in total. The van der Waals surface area contributed by atoms with Crippen LogP contribution >= 0.6 is 0 Å². The van der Waals surface area contributed by atoms with Crippen molar-refractivity contribution >= 4 is 12.1 Å². The topological polar surface area (TPSA) is 106 Å². The second-order valence-electron chi connectivity index (χ2n) is 8.03. The normalized spacial score (nSPS) is 15.6. The smallest absolute Gasteiger partial charge is 0.407 e. The van der Waals surface area contributed by atoms with Crippen LogP contribution in [-0.2, 0) is 31.8 Å². The summed E-state index contributed by atoms with van der Waals surface area (Å²) in [7, 11) is 5.05. The third kappa shape index (κ3) is 9.13. The number of methoxy groups -OCH3 is 2. The molecule has 0 spiro atoms. The average Bonchev–Trinajstić information content (AvgIpc) is 3.28. The van der Waals surface area contributed by atoms with Gasteiger partial charge < -0.3 is 30.0 Å². The minimum absolute atomic E-state index is 0.00414. The average molecular weight is 473 g/mol. The first-order valence-electron chi connectivity index (χ1n) is 11.5. The number of cyclic esters (lactones) is 1. The third-order valence-corrected chi connectivity index (χ3v) is 5.53. The van der Waals surface area contributed by atoms with Crippen molar-refractivity contribution < 1.29 is 28.9 Å². The standard InChI is InChI=1S/C13H17NO3.C13H19NO3/c1-16-8-2-3-10-4-6-11(7-5-10)12-9-17-13(15)14-12;1-14-12(13(15)16)11-7-5-10(6-8-11)4-3-9-17-2/h4-7,12H,2-3,8-9H2,1H3,(H,14,15);5-8,12,14H,3-4,9H2,1-2H3,(H,15,16). The lowest BCUT2D eigenvalue weighted by molar-refractivity contribution is -0.139. The second kappa shape index (κ2) is 15.1. The van der Waals surface area contributed by atoms with E-state index in [4.69, 9.17) is 19.3 Å². The molecule has 0 radical (unpaired) electrons. The van der Waals surface area contributed by atoms with Crippen LogP contribution in [0.25, 0.3) is 0 Å². The van der Waals surface area contributed by atoms with Crippen molar-refractivity contribution in [2.24, 2.45) is 0 Å². The fourth-order valence-corrected chi connectivity index (χ4v) is 3.63. The number of rotatable bonds is 12. The molecule has 0 aromatic heterocycles. The maximum Gasteiger partial charge on any atom is 0.407 e. The van der Waals surface area contributed by atoms with Crippen molar-refractivity contribution in [3.05, 3.63) is 70.8 Å². The van der Waals surface area contributed by atoms with Crippen LogP contribution in [0.4, 0.5) is 4.79 Å². The van der Waals surface area contributed by atoms with Gasteiger partial charge in [0, 0.05) is 27.4 Å². The summed E-state index contributed by atoms with van der Waals surface area (Å²) >= 11 is 0. The number of carbonyl (C=O) groups excluding carboxylic acids is 1. The highest BCUT2D eigenvalue weighted by Gasteiger charge is 2.23. The molecule has 186 valence electrons. The minimum Gasteiger partial charge on any atom is -0.480 e. The molecular formula is C26H36N2O6. The predicted octanol–water partition coefficient (Wildman–Crippen LogP) is 3.66. The zero-order valence-electron chi connectivity index (χ0n) is 20.2. The third-order valence-electron chi connectivity index (χ3n) is 5.53. The van der Waals surface area contributed by atoms with E-state index in [1.54, 1.807) is 21.3 Å². The first kappa shape index (κ1) is 27.3. The number of aryl methyl sites for hydroxylation is 2. The number of aliphatic carboxylic acids is 1. The summed E-state index contributed by atoms with van der Waals surface area (Å²) in [4.78, 5) is 21.9. The van der Waals surface area contributed by atoms with Crippen LogP contribution in [-0.4, -0.2) is 58.3 Å². The number of alkyl carbamates (subject to hydrolysis) is 1. The van der Waals surface area contributed by atoms with Gasteiger partial charge in [-0.3, -0.25) is 4.79 Å². The van der Waals surface area contributed by atoms with E-state index >= 15 is 0 Å². The number of benzene rings is 2. The highest BCUT2D eigenvalue weighted by molar-refractivity contribution is 5.75. The number of carboxylic acid groups (broad SMARTS) is 1. The van der Waals surface area contributed by atoms with Gasteiger partial charge >= 0.3 is 12.1 Å². The van der Waals surface area contributed by atoms with E-state index in [1.807, 2.05) is 36.4 Å². The Morgan fingerprint density at radius 2 is 1.56 bits per heavy atom. The molecule has 2 aromatic carbocycles. The van der Waals surface area contributed by atoms with Crippen molar-refractivity contribution in [1.82, 2.24) is 10.6 Å². The van der Waals surface area contributed by atoms with E-state index in [-0.39, 0.29) is 12.1 Å². The number of carbonyl (C=O) groups is 2. The van der Waals surface area contributed by atoms with Gasteiger partial charge in [-0.25, -0.2) is 4.79 Å². The van der Waals surface area contributed by atoms with Gasteiger partial charge in [0.05, 0.1) is 6.04 Å². The number of likely N-dealkylation sites (N-methyl/N-ethyl adjacent to an activating group) is 1. The SMILES string of the molecule is CNC(C(=O)O)c1ccc(CCCOC)cc1.COCCCc1ccc(C2COC(=O)N2)cc1. The Labute approximate surface area is 201 Å². The lowest BCUT2D eigenvalue weighted by Gasteiger charge is -2.12. The maximum absolute atomic E-state index is 10.9. The van der Waals surface area contributed by atoms with Gasteiger partial charge in [0.25, 0.3) is 0 Å². The molecule has 0 saturated carbocycles. The van der Waals surface area contributed by atoms with E-state index in [1.165, 1.54) is 11.1 Å². The first-order valence-corrected chi connectivity index (χ1v) is 11.5. The summed E-state index contributed by atoms with van der Waals surface area (Å²) < 4.78 is 14.9. The molecule has 0 bridgehead atoms. The van der Waals surface area contributed by atoms with Crippen LogP contribution in [0.1, 0.15) is 47.2 Å². The Kier molecular flexibility index (Phi) is 12.1. The molecule has 1 fully saturated rings. The van der Waals surface area contributed by atoms with Gasteiger partial charge in [-0.15, -0.1) is 0 Å². The molecule has 1 aliphatic rings. The van der Waals surface area contributed by atoms with Crippen LogP contribution in [0.2, 0.25) is 0 Å². The molecule has 8 heteroatoms. The lowest BCUT2D eigenvalue weighted by Crippen LogP contribution is -2.24. The summed E-state index contributed by atoms with van der Waals surface area (Å²) in [6.07, 6.45) is 3.63. The van der Waals surface area contributed by atoms with Gasteiger partial charge in [-0.05, 0) is 55.0 Å². The molecule has 0 aliphatic carbocycles. The van der Waals surface area contributed by atoms with Crippen LogP contribution < -0.4 is 10.6 Å². The quantitative estimate of drug-likeness (QED) is 0.405. The number of hydrogen-bond donors (Lipinski definition) is 3. The van der Waals surface area contributed by atoms with E-state index in [2.05, 4.69) is 22.8 Å². The minimum atomic E-state index is -0.861. The van der Waals surface area contributed by atoms with Crippen LogP contribution in [0.5, 0.6) is 0 Å². The molecule has 34 heavy (non-hydrogen) atoms. The zero-order chi connectivity index (χ0) is 24.8. The van der Waals surface area contributed by atoms with E-state index in [0.717, 1.165) is 50.0 Å². The molecule has 1 heterocycles. The van der Waals surface area contributed by atoms with Gasteiger partial charge in [0.15, 0.2) is 0 Å². The highest BCUT2D eigenvalue weighted by Crippen LogP contribution is 2.19. The molecule has 1 aliphatic heterocycles. The Balaban J connectivity index is 0.000000240. The van der Waals surface area contributed by atoms with E-state index in [9.17, 15) is 9.59 Å². The summed E-state index contributed by atoms with van der Waals surface area (Å²) in [6, 6.07) is 15.3. The van der Waals surface area contributed by atoms with Gasteiger partial charge in [-0.2, -0.15) is 0 Å². The van der Waals surface area contributed by atoms with Crippen molar-refractivity contribution in [2.75, 3.05) is 41.1 Å². The van der Waals surface area contributed by atoms with E-state index < -0.39 is 12.0 Å². The van der Waals surface area contributed by atoms with Crippen molar-refractivity contribution in [1.29, 1.82) is 0 Å². The van der Waals surface area contributed by atoms with Crippen LogP contribution in [0.3, 0.4) is 0 Å². The Bertz CT molecular complexity index is 870. The number of carboxylic acids is 1. The van der Waals surface area contributed by atoms with Gasteiger partial charge in [-0.1, -0.05) is 48.5 Å². The molecule has 2 atom stereocenters. The lowest BCUT2D eigenvalue weighted by atomic mass is 10.0. The maximum atomic E-state index is 10.9. The molecule has 1 amide bonds. The van der Waals surface area contributed by atoms with Crippen molar-refractivity contribution in [2.45, 2.75) is 37.8 Å². The molecule has 1 saturated heterocycles. The second-order valence-corrected chi connectivity index (χ2v) is 8.03. The van der Waals surface area contributed by atoms with Crippen LogP contribution in [0.15, 0.2) is 48.5 Å². The monoisotopic (exact) mass is 472 g/mol.